The minimum absolute atomic E-state index is 0.0944. The molecule has 106 valence electrons. The summed E-state index contributed by atoms with van der Waals surface area (Å²) in [5, 5.41) is 3.28. The van der Waals surface area contributed by atoms with E-state index in [1.54, 1.807) is 0 Å². The summed E-state index contributed by atoms with van der Waals surface area (Å²) in [6.07, 6.45) is 2.12. The highest BCUT2D eigenvalue weighted by Crippen LogP contribution is 2.20. The van der Waals surface area contributed by atoms with Crippen molar-refractivity contribution in [1.29, 1.82) is 0 Å². The van der Waals surface area contributed by atoms with Crippen LogP contribution < -0.4 is 5.32 Å². The van der Waals surface area contributed by atoms with E-state index in [9.17, 15) is 4.79 Å². The largest absolute Gasteiger partial charge is 0.385 e. The van der Waals surface area contributed by atoms with Crippen LogP contribution in [-0.2, 0) is 0 Å². The van der Waals surface area contributed by atoms with Crippen LogP contribution in [0.1, 0.15) is 49.5 Å². The topological polar surface area (TPSA) is 32.3 Å². The molecule has 1 aromatic rings. The number of nitrogens with zero attached hydrogens (tertiary/aromatic N) is 1. The summed E-state index contributed by atoms with van der Waals surface area (Å²) < 4.78 is 0. The van der Waals surface area contributed by atoms with Gasteiger partial charge in [-0.2, -0.15) is 0 Å². The molecule has 3 heteroatoms. The van der Waals surface area contributed by atoms with Gasteiger partial charge in [0.2, 0.25) is 0 Å². The van der Waals surface area contributed by atoms with Gasteiger partial charge in [0.05, 0.1) is 5.56 Å². The molecule has 1 unspecified atom stereocenters. The number of hydrogen-bond donors (Lipinski definition) is 1. The minimum Gasteiger partial charge on any atom is -0.385 e. The van der Waals surface area contributed by atoms with E-state index >= 15 is 0 Å². The summed E-state index contributed by atoms with van der Waals surface area (Å²) in [6, 6.07) is 6.22. The zero-order valence-electron chi connectivity index (χ0n) is 12.8. The standard InChI is InChI=1S/C16H26N2O/c1-6-8-13(4)18(5)16(19)14-10-9-12(3)11-15(14)17-7-2/h9-11,13,17H,6-8H2,1-5H3. The van der Waals surface area contributed by atoms with E-state index < -0.39 is 0 Å². The monoisotopic (exact) mass is 262 g/mol. The van der Waals surface area contributed by atoms with Gasteiger partial charge in [-0.3, -0.25) is 4.79 Å². The van der Waals surface area contributed by atoms with Gasteiger partial charge in [0, 0.05) is 25.3 Å². The summed E-state index contributed by atoms with van der Waals surface area (Å²) in [7, 11) is 1.89. The van der Waals surface area contributed by atoms with Gasteiger partial charge in [-0.25, -0.2) is 0 Å². The van der Waals surface area contributed by atoms with E-state index in [-0.39, 0.29) is 11.9 Å². The molecular weight excluding hydrogens is 236 g/mol. The Labute approximate surface area is 117 Å². The molecular formula is C16H26N2O. The van der Waals surface area contributed by atoms with Crippen molar-refractivity contribution >= 4 is 11.6 Å². The van der Waals surface area contributed by atoms with E-state index in [4.69, 9.17) is 0 Å². The van der Waals surface area contributed by atoms with Crippen LogP contribution in [0.5, 0.6) is 0 Å². The highest BCUT2D eigenvalue weighted by Gasteiger charge is 2.19. The van der Waals surface area contributed by atoms with E-state index in [2.05, 4.69) is 19.2 Å². The summed E-state index contributed by atoms with van der Waals surface area (Å²) in [5.74, 6) is 0.0944. The number of nitrogens with one attached hydrogen (secondary N) is 1. The van der Waals surface area contributed by atoms with E-state index in [0.717, 1.165) is 36.2 Å². The van der Waals surface area contributed by atoms with Crippen molar-refractivity contribution in [1.82, 2.24) is 4.90 Å². The second kappa shape index (κ2) is 7.17. The summed E-state index contributed by atoms with van der Waals surface area (Å²) in [6.45, 7) is 9.14. The number of anilines is 1. The quantitative estimate of drug-likeness (QED) is 0.848. The predicted molar refractivity (Wildman–Crippen MR) is 81.8 cm³/mol. The van der Waals surface area contributed by atoms with Crippen LogP contribution in [-0.4, -0.2) is 30.4 Å². The van der Waals surface area contributed by atoms with Gasteiger partial charge in [0.15, 0.2) is 0 Å². The SMILES string of the molecule is CCCC(C)N(C)C(=O)c1ccc(C)cc1NCC. The Morgan fingerprint density at radius 1 is 1.37 bits per heavy atom. The fourth-order valence-electron chi connectivity index (χ4n) is 2.18. The molecule has 0 bridgehead atoms. The third-order valence-corrected chi connectivity index (χ3v) is 3.46. The molecule has 0 aromatic heterocycles. The summed E-state index contributed by atoms with van der Waals surface area (Å²) in [5.41, 5.74) is 2.86. The number of rotatable bonds is 6. The van der Waals surface area contributed by atoms with Gasteiger partial charge in [-0.15, -0.1) is 0 Å². The Morgan fingerprint density at radius 2 is 2.05 bits per heavy atom. The first-order valence-electron chi connectivity index (χ1n) is 7.12. The lowest BCUT2D eigenvalue weighted by Crippen LogP contribution is -2.35. The number of carbonyl (C=O) groups excluding carboxylic acids is 1. The zero-order chi connectivity index (χ0) is 14.4. The maximum absolute atomic E-state index is 12.6. The first-order valence-corrected chi connectivity index (χ1v) is 7.12. The Hall–Kier alpha value is -1.51. The number of hydrogen-bond acceptors (Lipinski definition) is 2. The van der Waals surface area contributed by atoms with Gasteiger partial charge in [0.25, 0.3) is 5.91 Å². The number of carbonyl (C=O) groups is 1. The number of benzene rings is 1. The highest BCUT2D eigenvalue weighted by atomic mass is 16.2. The van der Waals surface area contributed by atoms with Crippen LogP contribution >= 0.6 is 0 Å². The van der Waals surface area contributed by atoms with Crippen LogP contribution in [0.3, 0.4) is 0 Å². The second-order valence-corrected chi connectivity index (χ2v) is 5.13. The zero-order valence-corrected chi connectivity index (χ0v) is 12.8. The average Bonchev–Trinajstić information content (AvgIpc) is 2.38. The first kappa shape index (κ1) is 15.5. The molecule has 0 radical (unpaired) electrons. The van der Waals surface area contributed by atoms with Crippen molar-refractivity contribution in [3.05, 3.63) is 29.3 Å². The molecule has 19 heavy (non-hydrogen) atoms. The molecule has 1 aromatic carbocycles. The Morgan fingerprint density at radius 3 is 2.63 bits per heavy atom. The van der Waals surface area contributed by atoms with Crippen molar-refractivity contribution in [2.24, 2.45) is 0 Å². The lowest BCUT2D eigenvalue weighted by atomic mass is 10.1. The Balaban J connectivity index is 2.98. The van der Waals surface area contributed by atoms with Crippen molar-refractivity contribution in [2.75, 3.05) is 18.9 Å². The van der Waals surface area contributed by atoms with Gasteiger partial charge in [0.1, 0.15) is 0 Å². The lowest BCUT2D eigenvalue weighted by Gasteiger charge is -2.26. The molecule has 1 atom stereocenters. The van der Waals surface area contributed by atoms with E-state index in [1.165, 1.54) is 0 Å². The normalized spacial score (nSPS) is 12.1. The van der Waals surface area contributed by atoms with E-state index in [1.807, 2.05) is 44.0 Å². The predicted octanol–water partition coefficient (Wildman–Crippen LogP) is 3.69. The molecule has 0 aliphatic carbocycles. The molecule has 0 saturated heterocycles. The van der Waals surface area contributed by atoms with Crippen LogP contribution in [0.25, 0.3) is 0 Å². The molecule has 1 N–H and O–H groups in total. The molecule has 1 rings (SSSR count). The van der Waals surface area contributed by atoms with Crippen molar-refractivity contribution < 1.29 is 4.79 Å². The molecule has 0 aliphatic rings. The molecule has 0 aliphatic heterocycles. The molecule has 3 nitrogen and oxygen atoms in total. The third kappa shape index (κ3) is 3.98. The van der Waals surface area contributed by atoms with E-state index in [0.29, 0.717) is 0 Å². The number of amides is 1. The number of aryl methyl sites for hydroxylation is 1. The third-order valence-electron chi connectivity index (χ3n) is 3.46. The summed E-state index contributed by atoms with van der Waals surface area (Å²) >= 11 is 0. The molecule has 0 heterocycles. The van der Waals surface area contributed by atoms with Crippen LogP contribution in [0.2, 0.25) is 0 Å². The maximum atomic E-state index is 12.6. The maximum Gasteiger partial charge on any atom is 0.255 e. The molecule has 1 amide bonds. The smallest absolute Gasteiger partial charge is 0.255 e. The van der Waals surface area contributed by atoms with Crippen molar-refractivity contribution in [3.8, 4) is 0 Å². The Bertz CT molecular complexity index is 429. The van der Waals surface area contributed by atoms with Crippen LogP contribution in [0.4, 0.5) is 5.69 Å². The molecule has 0 spiro atoms. The first-order chi connectivity index (χ1) is 9.01. The van der Waals surface area contributed by atoms with Gasteiger partial charge >= 0.3 is 0 Å². The van der Waals surface area contributed by atoms with Gasteiger partial charge in [-0.1, -0.05) is 19.4 Å². The molecule has 0 fully saturated rings. The fraction of sp³-hybridized carbons (Fsp3) is 0.562. The van der Waals surface area contributed by atoms with Crippen molar-refractivity contribution in [3.63, 3.8) is 0 Å². The lowest BCUT2D eigenvalue weighted by molar-refractivity contribution is 0.0737. The van der Waals surface area contributed by atoms with Gasteiger partial charge in [-0.05, 0) is 44.9 Å². The Kier molecular flexibility index (Phi) is 5.87. The van der Waals surface area contributed by atoms with Gasteiger partial charge < -0.3 is 10.2 Å². The fourth-order valence-corrected chi connectivity index (χ4v) is 2.18. The van der Waals surface area contributed by atoms with Crippen LogP contribution in [0, 0.1) is 6.92 Å². The second-order valence-electron chi connectivity index (χ2n) is 5.13. The van der Waals surface area contributed by atoms with Crippen LogP contribution in [0.15, 0.2) is 18.2 Å². The summed E-state index contributed by atoms with van der Waals surface area (Å²) in [4.78, 5) is 14.4. The highest BCUT2D eigenvalue weighted by molar-refractivity contribution is 5.99. The average molecular weight is 262 g/mol. The van der Waals surface area contributed by atoms with Crippen molar-refractivity contribution in [2.45, 2.75) is 46.6 Å². The minimum atomic E-state index is 0.0944. The molecule has 0 saturated carbocycles.